The van der Waals surface area contributed by atoms with E-state index >= 15 is 0 Å². The Kier molecular flexibility index (Phi) is 7.24. The van der Waals surface area contributed by atoms with Crippen molar-refractivity contribution in [2.45, 2.75) is 13.0 Å². The standard InChI is InChI=1S/C20H17Cl2N3O4/c1-13(20(26)25-27-10-2-9-21)28-15-4-6-16(7-5-15)29-19-12-23-18-11-14(22)3-8-17(18)24-19/h2-9,11-13H,10H2,1H3,(H,25,26)/b9-2-/t13-/m1/s1. The van der Waals surface area contributed by atoms with E-state index < -0.39 is 12.0 Å². The fourth-order valence-electron chi connectivity index (χ4n) is 2.26. The first-order valence-corrected chi connectivity index (χ1v) is 9.40. The molecule has 29 heavy (non-hydrogen) atoms. The zero-order chi connectivity index (χ0) is 20.6. The van der Waals surface area contributed by atoms with E-state index in [1.165, 1.54) is 11.7 Å². The molecule has 0 spiro atoms. The molecule has 2 aromatic carbocycles. The third kappa shape index (κ3) is 6.05. The lowest BCUT2D eigenvalue weighted by molar-refractivity contribution is -0.139. The van der Waals surface area contributed by atoms with Crippen LogP contribution >= 0.6 is 23.2 Å². The molecule has 0 saturated heterocycles. The molecule has 0 aliphatic heterocycles. The van der Waals surface area contributed by atoms with Gasteiger partial charge in [0.05, 0.1) is 23.8 Å². The summed E-state index contributed by atoms with van der Waals surface area (Å²) in [6, 6.07) is 12.0. The minimum absolute atomic E-state index is 0.165. The number of nitrogens with zero attached hydrogens (tertiary/aromatic N) is 2. The van der Waals surface area contributed by atoms with Gasteiger partial charge in [-0.1, -0.05) is 23.2 Å². The highest BCUT2D eigenvalue weighted by molar-refractivity contribution is 6.31. The molecule has 1 N–H and O–H groups in total. The quantitative estimate of drug-likeness (QED) is 0.411. The summed E-state index contributed by atoms with van der Waals surface area (Å²) in [5, 5.41) is 0.595. The number of aromatic nitrogens is 2. The smallest absolute Gasteiger partial charge is 0.284 e. The first kappa shape index (κ1) is 20.9. The maximum absolute atomic E-state index is 11.9. The number of ether oxygens (including phenoxy) is 2. The van der Waals surface area contributed by atoms with Crippen LogP contribution in [0.1, 0.15) is 6.92 Å². The second-order valence-corrected chi connectivity index (χ2v) is 6.50. The number of benzene rings is 2. The highest BCUT2D eigenvalue weighted by Crippen LogP contribution is 2.24. The normalized spacial score (nSPS) is 12.1. The number of rotatable bonds is 8. The molecule has 150 valence electrons. The Balaban J connectivity index is 1.57. The Hall–Kier alpha value is -2.87. The van der Waals surface area contributed by atoms with Crippen LogP contribution in [0, 0.1) is 0 Å². The van der Waals surface area contributed by atoms with E-state index in [4.69, 9.17) is 37.5 Å². The van der Waals surface area contributed by atoms with Crippen LogP contribution in [0.25, 0.3) is 11.0 Å². The second kappa shape index (κ2) is 10.1. The minimum atomic E-state index is -0.750. The van der Waals surface area contributed by atoms with Gasteiger partial charge in [0.1, 0.15) is 11.5 Å². The van der Waals surface area contributed by atoms with Crippen LogP contribution in [0.3, 0.4) is 0 Å². The Morgan fingerprint density at radius 3 is 2.69 bits per heavy atom. The third-order valence-electron chi connectivity index (χ3n) is 3.65. The number of hydrogen-bond acceptors (Lipinski definition) is 6. The number of halogens is 2. The summed E-state index contributed by atoms with van der Waals surface area (Å²) in [6.07, 6.45) is 2.32. The van der Waals surface area contributed by atoms with E-state index in [0.29, 0.717) is 33.4 Å². The first-order valence-electron chi connectivity index (χ1n) is 8.59. The van der Waals surface area contributed by atoms with Crippen molar-refractivity contribution >= 4 is 40.1 Å². The van der Waals surface area contributed by atoms with Crippen molar-refractivity contribution < 1.29 is 19.1 Å². The molecule has 1 heterocycles. The third-order valence-corrected chi connectivity index (χ3v) is 4.07. The van der Waals surface area contributed by atoms with Crippen molar-refractivity contribution in [2.24, 2.45) is 0 Å². The summed E-state index contributed by atoms with van der Waals surface area (Å²) in [4.78, 5) is 25.5. The van der Waals surface area contributed by atoms with Gasteiger partial charge in [-0.25, -0.2) is 15.4 Å². The van der Waals surface area contributed by atoms with E-state index in [0.717, 1.165) is 0 Å². The molecule has 0 saturated carbocycles. The molecule has 1 atom stereocenters. The molecular formula is C20H17Cl2N3O4. The minimum Gasteiger partial charge on any atom is -0.481 e. The molecule has 7 nitrogen and oxygen atoms in total. The summed E-state index contributed by atoms with van der Waals surface area (Å²) in [5.74, 6) is 0.984. The van der Waals surface area contributed by atoms with Crippen molar-refractivity contribution in [3.05, 3.63) is 65.3 Å². The number of fused-ring (bicyclic) bond motifs is 1. The summed E-state index contributed by atoms with van der Waals surface area (Å²) in [6.45, 7) is 1.77. The van der Waals surface area contributed by atoms with Gasteiger partial charge in [-0.15, -0.1) is 0 Å². The van der Waals surface area contributed by atoms with E-state index in [9.17, 15) is 4.79 Å². The maximum atomic E-state index is 11.9. The molecule has 9 heteroatoms. The van der Waals surface area contributed by atoms with Crippen LogP contribution in [-0.4, -0.2) is 28.6 Å². The number of nitrogens with one attached hydrogen (secondary N) is 1. The maximum Gasteiger partial charge on any atom is 0.284 e. The van der Waals surface area contributed by atoms with Crippen molar-refractivity contribution in [1.82, 2.24) is 15.4 Å². The predicted octanol–water partition coefficient (Wildman–Crippen LogP) is 4.64. The summed E-state index contributed by atoms with van der Waals surface area (Å²) in [7, 11) is 0. The highest BCUT2D eigenvalue weighted by Gasteiger charge is 2.14. The Morgan fingerprint density at radius 1 is 1.17 bits per heavy atom. The van der Waals surface area contributed by atoms with Gasteiger partial charge >= 0.3 is 0 Å². The number of amides is 1. The van der Waals surface area contributed by atoms with Crippen molar-refractivity contribution in [1.29, 1.82) is 0 Å². The Morgan fingerprint density at radius 2 is 1.93 bits per heavy atom. The van der Waals surface area contributed by atoms with Crippen molar-refractivity contribution in [2.75, 3.05) is 6.61 Å². The lowest BCUT2D eigenvalue weighted by Gasteiger charge is -2.14. The lowest BCUT2D eigenvalue weighted by atomic mass is 10.3. The van der Waals surface area contributed by atoms with Gasteiger partial charge < -0.3 is 9.47 Å². The summed E-state index contributed by atoms with van der Waals surface area (Å²) < 4.78 is 11.3. The van der Waals surface area contributed by atoms with Gasteiger partial charge in [-0.2, -0.15) is 0 Å². The zero-order valence-electron chi connectivity index (χ0n) is 15.3. The Bertz CT molecular complexity index is 1010. The van der Waals surface area contributed by atoms with Crippen LogP contribution in [0.4, 0.5) is 0 Å². The van der Waals surface area contributed by atoms with E-state index in [-0.39, 0.29) is 6.61 Å². The van der Waals surface area contributed by atoms with Gasteiger partial charge in [-0.3, -0.25) is 9.63 Å². The number of hydroxylamine groups is 1. The van der Waals surface area contributed by atoms with E-state index in [1.807, 2.05) is 0 Å². The molecule has 0 aliphatic rings. The van der Waals surface area contributed by atoms with E-state index in [1.54, 1.807) is 55.5 Å². The van der Waals surface area contributed by atoms with E-state index in [2.05, 4.69) is 15.4 Å². The van der Waals surface area contributed by atoms with Gasteiger partial charge in [0.25, 0.3) is 5.91 Å². The van der Waals surface area contributed by atoms with Crippen LogP contribution < -0.4 is 15.0 Å². The highest BCUT2D eigenvalue weighted by atomic mass is 35.5. The zero-order valence-corrected chi connectivity index (χ0v) is 16.9. The average Bonchev–Trinajstić information content (AvgIpc) is 2.72. The lowest BCUT2D eigenvalue weighted by Crippen LogP contribution is -2.36. The fourth-order valence-corrected chi connectivity index (χ4v) is 2.50. The molecule has 0 unspecified atom stereocenters. The first-order chi connectivity index (χ1) is 14.0. The largest absolute Gasteiger partial charge is 0.481 e. The van der Waals surface area contributed by atoms with Crippen LogP contribution in [0.2, 0.25) is 5.02 Å². The van der Waals surface area contributed by atoms with Gasteiger partial charge in [0.2, 0.25) is 5.88 Å². The molecule has 0 aliphatic carbocycles. The summed E-state index contributed by atoms with van der Waals surface area (Å²) >= 11 is 11.3. The average molecular weight is 434 g/mol. The monoisotopic (exact) mass is 433 g/mol. The van der Waals surface area contributed by atoms with Crippen molar-refractivity contribution in [3.8, 4) is 17.4 Å². The molecule has 1 amide bonds. The van der Waals surface area contributed by atoms with Gasteiger partial charge in [-0.05, 0) is 55.5 Å². The number of hydrogen-bond donors (Lipinski definition) is 1. The van der Waals surface area contributed by atoms with Gasteiger partial charge in [0.15, 0.2) is 6.10 Å². The molecule has 0 radical (unpaired) electrons. The number of carbonyl (C=O) groups excluding carboxylic acids is 1. The molecule has 1 aromatic heterocycles. The van der Waals surface area contributed by atoms with Gasteiger partial charge in [0, 0.05) is 10.6 Å². The fraction of sp³-hybridized carbons (Fsp3) is 0.150. The molecule has 0 bridgehead atoms. The Labute approximate surface area is 177 Å². The second-order valence-electron chi connectivity index (χ2n) is 5.81. The molecular weight excluding hydrogens is 417 g/mol. The van der Waals surface area contributed by atoms with Crippen LogP contribution in [0.15, 0.2) is 60.3 Å². The number of carbonyl (C=O) groups is 1. The molecule has 3 aromatic rings. The SMILES string of the molecule is C[C@@H](Oc1ccc(Oc2cnc3cc(Cl)ccc3n2)cc1)C(=O)NOC/C=C\Cl. The molecule has 0 fully saturated rings. The molecule has 3 rings (SSSR count). The predicted molar refractivity (Wildman–Crippen MR) is 110 cm³/mol. The van der Waals surface area contributed by atoms with Crippen molar-refractivity contribution in [3.63, 3.8) is 0 Å². The van der Waals surface area contributed by atoms with Crippen LogP contribution in [0.5, 0.6) is 17.4 Å². The topological polar surface area (TPSA) is 82.6 Å². The summed E-state index contributed by atoms with van der Waals surface area (Å²) in [5.41, 5.74) is 4.94. The van der Waals surface area contributed by atoms with Crippen LogP contribution in [-0.2, 0) is 9.63 Å².